The summed E-state index contributed by atoms with van der Waals surface area (Å²) in [5.74, 6) is -0.240. The summed E-state index contributed by atoms with van der Waals surface area (Å²) in [7, 11) is 0. The number of halogens is 1. The van der Waals surface area contributed by atoms with Gasteiger partial charge < -0.3 is 10.2 Å². The molecule has 1 aliphatic rings. The van der Waals surface area contributed by atoms with Gasteiger partial charge in [0.1, 0.15) is 5.69 Å². The second-order valence-electron chi connectivity index (χ2n) is 5.89. The van der Waals surface area contributed by atoms with Crippen LogP contribution in [0.4, 0.5) is 17.1 Å². The van der Waals surface area contributed by atoms with Gasteiger partial charge in [-0.1, -0.05) is 29.8 Å². The Hall–Kier alpha value is -2.85. The van der Waals surface area contributed by atoms with Gasteiger partial charge in [0, 0.05) is 22.9 Å². The largest absolute Gasteiger partial charge is 0.340 e. The maximum atomic E-state index is 12.3. The third-order valence-corrected chi connectivity index (χ3v) is 4.53. The van der Waals surface area contributed by atoms with E-state index in [9.17, 15) is 4.79 Å². The first-order valence-corrected chi connectivity index (χ1v) is 8.47. The number of carbonyl (C=O) groups is 1. The maximum absolute atomic E-state index is 12.3. The van der Waals surface area contributed by atoms with Crippen LogP contribution in [0.15, 0.2) is 66.9 Å². The molecule has 0 aliphatic carbocycles. The van der Waals surface area contributed by atoms with E-state index in [-0.39, 0.29) is 5.91 Å². The molecule has 4 rings (SSSR count). The van der Waals surface area contributed by atoms with Crippen molar-refractivity contribution in [2.75, 3.05) is 16.8 Å². The second kappa shape index (κ2) is 6.57. The van der Waals surface area contributed by atoms with Crippen molar-refractivity contribution in [3.63, 3.8) is 0 Å². The number of aromatic nitrogens is 1. The zero-order chi connectivity index (χ0) is 17.2. The van der Waals surface area contributed by atoms with Crippen molar-refractivity contribution in [3.8, 4) is 0 Å². The van der Waals surface area contributed by atoms with Crippen LogP contribution in [0.25, 0.3) is 0 Å². The van der Waals surface area contributed by atoms with E-state index in [4.69, 9.17) is 11.6 Å². The Bertz CT molecular complexity index is 907. The van der Waals surface area contributed by atoms with Crippen LogP contribution in [0.3, 0.4) is 0 Å². The summed E-state index contributed by atoms with van der Waals surface area (Å²) in [6.45, 7) is 0.928. The van der Waals surface area contributed by atoms with E-state index in [2.05, 4.69) is 33.4 Å². The van der Waals surface area contributed by atoms with Crippen LogP contribution in [0, 0.1) is 0 Å². The summed E-state index contributed by atoms with van der Waals surface area (Å²) in [5.41, 5.74) is 4.61. The molecular weight excluding hydrogens is 334 g/mol. The molecule has 0 saturated heterocycles. The van der Waals surface area contributed by atoms with Gasteiger partial charge in [-0.25, -0.2) is 4.98 Å². The number of nitrogens with one attached hydrogen (secondary N) is 1. The summed E-state index contributed by atoms with van der Waals surface area (Å²) in [5, 5.41) is 3.45. The summed E-state index contributed by atoms with van der Waals surface area (Å²) in [6.07, 6.45) is 2.77. The molecule has 1 N–H and O–H groups in total. The highest BCUT2D eigenvalue weighted by Gasteiger charge is 2.20. The van der Waals surface area contributed by atoms with Gasteiger partial charge >= 0.3 is 0 Å². The molecule has 1 aromatic heterocycles. The maximum Gasteiger partial charge on any atom is 0.274 e. The predicted octanol–water partition coefficient (Wildman–Crippen LogP) is 4.68. The Kier molecular flexibility index (Phi) is 4.12. The van der Waals surface area contributed by atoms with Gasteiger partial charge in [-0.05, 0) is 54.4 Å². The predicted molar refractivity (Wildman–Crippen MR) is 101 cm³/mol. The fourth-order valence-corrected chi connectivity index (χ4v) is 3.14. The number of fused-ring (bicyclic) bond motifs is 1. The first kappa shape index (κ1) is 15.7. The molecule has 0 atom stereocenters. The minimum atomic E-state index is -0.240. The SMILES string of the molecule is O=C(Nc1ccc(Cl)cc1)c1ccc(N2CCc3ccccc32)cn1. The second-order valence-corrected chi connectivity index (χ2v) is 6.33. The number of amides is 1. The van der Waals surface area contributed by atoms with E-state index in [0.29, 0.717) is 16.4 Å². The molecular formula is C20H16ClN3O. The molecule has 1 amide bonds. The van der Waals surface area contributed by atoms with E-state index < -0.39 is 0 Å². The Balaban J connectivity index is 1.50. The lowest BCUT2D eigenvalue weighted by Gasteiger charge is -2.19. The lowest BCUT2D eigenvalue weighted by molar-refractivity contribution is 0.102. The standard InChI is InChI=1S/C20H16ClN3O/c21-15-5-7-16(8-6-15)23-20(25)18-10-9-17(13-22-18)24-12-11-14-3-1-2-4-19(14)24/h1-10,13H,11-12H2,(H,23,25). The quantitative estimate of drug-likeness (QED) is 0.746. The zero-order valence-electron chi connectivity index (χ0n) is 13.4. The number of rotatable bonds is 3. The third kappa shape index (κ3) is 3.21. The number of hydrogen-bond donors (Lipinski definition) is 1. The van der Waals surface area contributed by atoms with Crippen LogP contribution in [0.2, 0.25) is 5.02 Å². The highest BCUT2D eigenvalue weighted by atomic mass is 35.5. The molecule has 2 aromatic carbocycles. The lowest BCUT2D eigenvalue weighted by atomic mass is 10.2. The van der Waals surface area contributed by atoms with Gasteiger partial charge in [-0.3, -0.25) is 4.79 Å². The smallest absolute Gasteiger partial charge is 0.274 e. The summed E-state index contributed by atoms with van der Waals surface area (Å²) in [4.78, 5) is 18.9. The van der Waals surface area contributed by atoms with Gasteiger partial charge in [0.25, 0.3) is 5.91 Å². The van der Waals surface area contributed by atoms with Crippen LogP contribution in [-0.4, -0.2) is 17.4 Å². The Labute approximate surface area is 151 Å². The minimum Gasteiger partial charge on any atom is -0.340 e. The molecule has 3 aromatic rings. The molecule has 124 valence electrons. The molecule has 4 nitrogen and oxygen atoms in total. The van der Waals surface area contributed by atoms with Gasteiger partial charge in [-0.2, -0.15) is 0 Å². The van der Waals surface area contributed by atoms with Crippen LogP contribution in [0.1, 0.15) is 16.1 Å². The van der Waals surface area contributed by atoms with Crippen LogP contribution < -0.4 is 10.2 Å². The van der Waals surface area contributed by atoms with Crippen molar-refractivity contribution in [2.24, 2.45) is 0 Å². The van der Waals surface area contributed by atoms with Crippen molar-refractivity contribution in [3.05, 3.63) is 83.1 Å². The average Bonchev–Trinajstić information content (AvgIpc) is 3.08. The number of anilines is 3. The summed E-state index contributed by atoms with van der Waals surface area (Å²) < 4.78 is 0. The number of pyridine rings is 1. The molecule has 0 radical (unpaired) electrons. The van der Waals surface area contributed by atoms with Gasteiger partial charge in [0.2, 0.25) is 0 Å². The fourth-order valence-electron chi connectivity index (χ4n) is 3.01. The average molecular weight is 350 g/mol. The third-order valence-electron chi connectivity index (χ3n) is 4.28. The van der Waals surface area contributed by atoms with Crippen molar-refractivity contribution >= 4 is 34.6 Å². The lowest BCUT2D eigenvalue weighted by Crippen LogP contribution is -2.16. The Morgan fingerprint density at radius 3 is 2.60 bits per heavy atom. The van der Waals surface area contributed by atoms with E-state index in [1.807, 2.05) is 12.1 Å². The monoisotopic (exact) mass is 349 g/mol. The van der Waals surface area contributed by atoms with E-state index >= 15 is 0 Å². The van der Waals surface area contributed by atoms with Gasteiger partial charge in [-0.15, -0.1) is 0 Å². The fraction of sp³-hybridized carbons (Fsp3) is 0.100. The van der Waals surface area contributed by atoms with Gasteiger partial charge in [0.05, 0.1) is 11.9 Å². The van der Waals surface area contributed by atoms with Crippen LogP contribution in [0.5, 0.6) is 0 Å². The topological polar surface area (TPSA) is 45.2 Å². The number of para-hydroxylation sites is 1. The molecule has 0 spiro atoms. The Morgan fingerprint density at radius 1 is 1.04 bits per heavy atom. The van der Waals surface area contributed by atoms with Crippen molar-refractivity contribution in [1.29, 1.82) is 0 Å². The normalized spacial score (nSPS) is 12.8. The molecule has 2 heterocycles. The number of hydrogen-bond acceptors (Lipinski definition) is 3. The molecule has 0 unspecified atom stereocenters. The molecule has 0 fully saturated rings. The molecule has 0 bridgehead atoms. The number of benzene rings is 2. The molecule has 0 saturated carbocycles. The van der Waals surface area contributed by atoms with E-state index in [1.54, 1.807) is 36.5 Å². The van der Waals surface area contributed by atoms with E-state index in [0.717, 1.165) is 18.7 Å². The van der Waals surface area contributed by atoms with Crippen molar-refractivity contribution < 1.29 is 4.79 Å². The minimum absolute atomic E-state index is 0.240. The zero-order valence-corrected chi connectivity index (χ0v) is 14.2. The molecule has 5 heteroatoms. The van der Waals surface area contributed by atoms with Crippen LogP contribution >= 0.6 is 11.6 Å². The number of nitrogens with zero attached hydrogens (tertiary/aromatic N) is 2. The summed E-state index contributed by atoms with van der Waals surface area (Å²) >= 11 is 5.85. The number of carbonyl (C=O) groups excluding carboxylic acids is 1. The molecule has 1 aliphatic heterocycles. The highest BCUT2D eigenvalue weighted by molar-refractivity contribution is 6.30. The molecule has 25 heavy (non-hydrogen) atoms. The first-order chi connectivity index (χ1) is 12.2. The van der Waals surface area contributed by atoms with Crippen molar-refractivity contribution in [1.82, 2.24) is 4.98 Å². The van der Waals surface area contributed by atoms with Gasteiger partial charge in [0.15, 0.2) is 0 Å². The van der Waals surface area contributed by atoms with Crippen molar-refractivity contribution in [2.45, 2.75) is 6.42 Å². The van der Waals surface area contributed by atoms with Crippen LogP contribution in [-0.2, 0) is 6.42 Å². The summed E-state index contributed by atoms with van der Waals surface area (Å²) in [6, 6.07) is 19.0. The highest BCUT2D eigenvalue weighted by Crippen LogP contribution is 2.33. The van der Waals surface area contributed by atoms with E-state index in [1.165, 1.54) is 11.3 Å². The first-order valence-electron chi connectivity index (χ1n) is 8.09. The Morgan fingerprint density at radius 2 is 1.84 bits per heavy atom.